The van der Waals surface area contributed by atoms with Crippen molar-refractivity contribution >= 4 is 7.12 Å². The molecule has 150 valence electrons. The van der Waals surface area contributed by atoms with Crippen molar-refractivity contribution < 1.29 is 32.3 Å². The number of nitrogens with zero attached hydrogens (tertiary/aromatic N) is 2. The van der Waals surface area contributed by atoms with Crippen molar-refractivity contribution in [3.63, 3.8) is 0 Å². The number of benzene rings is 1. The highest BCUT2D eigenvalue weighted by atomic mass is 19.4. The van der Waals surface area contributed by atoms with Gasteiger partial charge in [0.1, 0.15) is 5.69 Å². The molecule has 0 spiro atoms. The zero-order chi connectivity index (χ0) is 20.3. The summed E-state index contributed by atoms with van der Waals surface area (Å²) in [6.45, 7) is 2.48. The molecule has 3 rings (SSSR count). The number of hydrogen-bond donors (Lipinski definition) is 1. The summed E-state index contributed by atoms with van der Waals surface area (Å²) in [6, 6.07) is 5.66. The Bertz CT molecular complexity index is 835. The van der Waals surface area contributed by atoms with Crippen LogP contribution in [-0.4, -0.2) is 42.4 Å². The number of rotatable bonds is 6. The Morgan fingerprint density at radius 3 is 2.64 bits per heavy atom. The monoisotopic (exact) mass is 396 g/mol. The predicted octanol–water partition coefficient (Wildman–Crippen LogP) is 3.55. The summed E-state index contributed by atoms with van der Waals surface area (Å²) in [4.78, 5) is 8.02. The fourth-order valence-electron chi connectivity index (χ4n) is 2.90. The summed E-state index contributed by atoms with van der Waals surface area (Å²) in [6.07, 6.45) is -3.68. The van der Waals surface area contributed by atoms with Crippen LogP contribution in [0.2, 0.25) is 6.32 Å². The Balaban J connectivity index is 2.05. The summed E-state index contributed by atoms with van der Waals surface area (Å²) in [5.74, 6) is 0.364. The maximum absolute atomic E-state index is 13.4. The van der Waals surface area contributed by atoms with Crippen LogP contribution >= 0.6 is 0 Å². The van der Waals surface area contributed by atoms with E-state index in [1.807, 2.05) is 6.92 Å². The highest BCUT2D eigenvalue weighted by Gasteiger charge is 2.37. The van der Waals surface area contributed by atoms with E-state index in [0.717, 1.165) is 12.5 Å². The van der Waals surface area contributed by atoms with Crippen molar-refractivity contribution in [1.82, 2.24) is 9.97 Å². The van der Waals surface area contributed by atoms with Crippen LogP contribution in [0.5, 0.6) is 11.5 Å². The van der Waals surface area contributed by atoms with Gasteiger partial charge < -0.3 is 19.2 Å². The molecule has 1 aliphatic heterocycles. The van der Waals surface area contributed by atoms with Gasteiger partial charge >= 0.3 is 13.3 Å². The lowest BCUT2D eigenvalue weighted by atomic mass is 9.81. The fourth-order valence-corrected chi connectivity index (χ4v) is 2.90. The van der Waals surface area contributed by atoms with Crippen molar-refractivity contribution in [2.24, 2.45) is 0 Å². The van der Waals surface area contributed by atoms with Gasteiger partial charge in [0.05, 0.1) is 13.7 Å². The van der Waals surface area contributed by atoms with Gasteiger partial charge in [-0.1, -0.05) is 6.92 Å². The van der Waals surface area contributed by atoms with E-state index in [9.17, 15) is 18.2 Å². The number of ether oxygens (including phenoxy) is 2. The second-order valence-corrected chi connectivity index (χ2v) is 6.43. The van der Waals surface area contributed by atoms with Crippen LogP contribution in [0.15, 0.2) is 24.3 Å². The van der Waals surface area contributed by atoms with Crippen LogP contribution in [0.3, 0.4) is 0 Å². The number of alkyl halides is 3. The van der Waals surface area contributed by atoms with Crippen molar-refractivity contribution in [3.8, 4) is 22.9 Å². The molecule has 1 atom stereocenters. The van der Waals surface area contributed by atoms with E-state index in [0.29, 0.717) is 23.7 Å². The van der Waals surface area contributed by atoms with Crippen LogP contribution in [-0.2, 0) is 10.8 Å². The Morgan fingerprint density at radius 1 is 1.25 bits per heavy atom. The van der Waals surface area contributed by atoms with Gasteiger partial charge in [0.2, 0.25) is 0 Å². The molecule has 10 heteroatoms. The lowest BCUT2D eigenvalue weighted by Gasteiger charge is -2.15. The topological polar surface area (TPSA) is 73.7 Å². The SMILES string of the molecule is CCCOc1cc(-c2nc(C3COB(O)C3)cc(C(F)(F)F)n2)ccc1OC. The van der Waals surface area contributed by atoms with Gasteiger partial charge in [0.25, 0.3) is 0 Å². The minimum absolute atomic E-state index is 0.0739. The van der Waals surface area contributed by atoms with Crippen LogP contribution in [0, 0.1) is 0 Å². The normalized spacial score (nSPS) is 17.1. The number of halogens is 3. The molecule has 1 fully saturated rings. The second kappa shape index (κ2) is 8.36. The molecule has 1 saturated heterocycles. The molecule has 1 aliphatic rings. The van der Waals surface area contributed by atoms with Crippen LogP contribution in [0.4, 0.5) is 13.2 Å². The van der Waals surface area contributed by atoms with Gasteiger partial charge in [-0.15, -0.1) is 0 Å². The third-order valence-electron chi connectivity index (χ3n) is 4.31. The summed E-state index contributed by atoms with van der Waals surface area (Å²) in [5.41, 5.74) is -0.486. The fraction of sp³-hybridized carbons (Fsp3) is 0.444. The first kappa shape index (κ1) is 20.4. The summed E-state index contributed by atoms with van der Waals surface area (Å²) in [5, 5.41) is 9.53. The molecule has 0 saturated carbocycles. The smallest absolute Gasteiger partial charge is 0.454 e. The highest BCUT2D eigenvalue weighted by molar-refractivity contribution is 6.43. The van der Waals surface area contributed by atoms with E-state index in [2.05, 4.69) is 9.97 Å². The number of aromatic nitrogens is 2. The molecule has 1 aromatic carbocycles. The van der Waals surface area contributed by atoms with Crippen molar-refractivity contribution in [2.75, 3.05) is 20.3 Å². The summed E-state index contributed by atoms with van der Waals surface area (Å²) >= 11 is 0. The van der Waals surface area contributed by atoms with Crippen LogP contribution < -0.4 is 9.47 Å². The van der Waals surface area contributed by atoms with Gasteiger partial charge in [-0.05, 0) is 37.0 Å². The average molecular weight is 396 g/mol. The average Bonchev–Trinajstić information content (AvgIpc) is 3.11. The molecule has 28 heavy (non-hydrogen) atoms. The van der Waals surface area contributed by atoms with Gasteiger partial charge in [-0.25, -0.2) is 9.97 Å². The molecule has 2 aromatic rings. The summed E-state index contributed by atoms with van der Waals surface area (Å²) < 4.78 is 56.1. The van der Waals surface area contributed by atoms with E-state index in [1.54, 1.807) is 18.2 Å². The lowest BCUT2D eigenvalue weighted by Crippen LogP contribution is -2.13. The van der Waals surface area contributed by atoms with Gasteiger partial charge in [-0.3, -0.25) is 0 Å². The molecular formula is C18H20BF3N2O4. The molecule has 6 nitrogen and oxygen atoms in total. The maximum Gasteiger partial charge on any atom is 0.454 e. The lowest BCUT2D eigenvalue weighted by molar-refractivity contribution is -0.141. The Kier molecular flexibility index (Phi) is 6.09. The number of hydrogen-bond acceptors (Lipinski definition) is 6. The summed E-state index contributed by atoms with van der Waals surface area (Å²) in [7, 11) is 0.478. The van der Waals surface area contributed by atoms with Gasteiger partial charge in [-0.2, -0.15) is 13.2 Å². The first-order valence-electron chi connectivity index (χ1n) is 8.89. The molecule has 1 aromatic heterocycles. The molecule has 2 heterocycles. The highest BCUT2D eigenvalue weighted by Crippen LogP contribution is 2.36. The van der Waals surface area contributed by atoms with E-state index in [4.69, 9.17) is 14.1 Å². The van der Waals surface area contributed by atoms with E-state index in [-0.39, 0.29) is 24.4 Å². The quantitative estimate of drug-likeness (QED) is 0.753. The second-order valence-electron chi connectivity index (χ2n) is 6.43. The minimum Gasteiger partial charge on any atom is -0.493 e. The van der Waals surface area contributed by atoms with E-state index in [1.165, 1.54) is 7.11 Å². The van der Waals surface area contributed by atoms with Crippen molar-refractivity contribution in [3.05, 3.63) is 35.7 Å². The Hall–Kier alpha value is -2.33. The molecule has 0 radical (unpaired) electrons. The van der Waals surface area contributed by atoms with E-state index >= 15 is 0 Å². The minimum atomic E-state index is -4.63. The standard InChI is InChI=1S/C18H20BF3N2O4/c1-3-6-27-15-7-11(4-5-14(15)26-2)17-23-13(12-9-19(25)28-10-12)8-16(24-17)18(20,21)22/h4-5,7-8,12,25H,3,6,9-10H2,1-2H3. The first-order chi connectivity index (χ1) is 13.3. The Morgan fingerprint density at radius 2 is 2.04 bits per heavy atom. The zero-order valence-electron chi connectivity index (χ0n) is 15.5. The Labute approximate surface area is 160 Å². The van der Waals surface area contributed by atoms with Crippen molar-refractivity contribution in [2.45, 2.75) is 31.8 Å². The predicted molar refractivity (Wildman–Crippen MR) is 96.3 cm³/mol. The maximum atomic E-state index is 13.4. The molecule has 0 aliphatic carbocycles. The zero-order valence-corrected chi connectivity index (χ0v) is 15.5. The van der Waals surface area contributed by atoms with Gasteiger partial charge in [0.15, 0.2) is 17.3 Å². The molecular weight excluding hydrogens is 376 g/mol. The first-order valence-corrected chi connectivity index (χ1v) is 8.89. The largest absolute Gasteiger partial charge is 0.493 e. The third-order valence-corrected chi connectivity index (χ3v) is 4.31. The van der Waals surface area contributed by atoms with Gasteiger partial charge in [0, 0.05) is 23.8 Å². The number of methoxy groups -OCH3 is 1. The molecule has 1 unspecified atom stereocenters. The third kappa shape index (κ3) is 4.56. The molecule has 1 N–H and O–H groups in total. The van der Waals surface area contributed by atoms with Crippen LogP contribution in [0.1, 0.15) is 30.7 Å². The molecule has 0 amide bonds. The van der Waals surface area contributed by atoms with Crippen molar-refractivity contribution in [1.29, 1.82) is 0 Å². The van der Waals surface area contributed by atoms with E-state index < -0.39 is 24.9 Å². The van der Waals surface area contributed by atoms with Crippen LogP contribution in [0.25, 0.3) is 11.4 Å². The molecule has 0 bridgehead atoms.